The molecule has 150 valence electrons. The molecule has 0 aliphatic carbocycles. The van der Waals surface area contributed by atoms with Gasteiger partial charge < -0.3 is 20.3 Å². The Hall–Kier alpha value is -2.79. The summed E-state index contributed by atoms with van der Waals surface area (Å²) in [5, 5.41) is 6.18. The maximum absolute atomic E-state index is 12.6. The quantitative estimate of drug-likeness (QED) is 0.702. The molecule has 0 aromatic heterocycles. The SMILES string of the molecule is C=C1/C=C\C=C/C/C(CCC(=O)Nc2cc(CN(C)C)ccc2OCC)=C\N1. The second-order valence-electron chi connectivity index (χ2n) is 7.01. The molecule has 2 N–H and O–H groups in total. The largest absolute Gasteiger partial charge is 0.492 e. The van der Waals surface area contributed by atoms with E-state index in [-0.39, 0.29) is 5.91 Å². The minimum Gasteiger partial charge on any atom is -0.492 e. The topological polar surface area (TPSA) is 53.6 Å². The van der Waals surface area contributed by atoms with Gasteiger partial charge in [0.25, 0.3) is 0 Å². The van der Waals surface area contributed by atoms with Crippen LogP contribution >= 0.6 is 0 Å². The van der Waals surface area contributed by atoms with E-state index in [9.17, 15) is 4.79 Å². The summed E-state index contributed by atoms with van der Waals surface area (Å²) < 4.78 is 5.67. The lowest BCUT2D eigenvalue weighted by molar-refractivity contribution is -0.116. The normalized spacial score (nSPS) is 18.1. The summed E-state index contributed by atoms with van der Waals surface area (Å²) in [5.41, 5.74) is 3.84. The van der Waals surface area contributed by atoms with Gasteiger partial charge in [0.2, 0.25) is 5.91 Å². The number of ether oxygens (including phenoxy) is 1. The summed E-state index contributed by atoms with van der Waals surface area (Å²) in [5.74, 6) is 0.677. The van der Waals surface area contributed by atoms with Crippen LogP contribution in [0.25, 0.3) is 0 Å². The molecule has 0 saturated heterocycles. The molecular weight excluding hydrogens is 350 g/mol. The van der Waals surface area contributed by atoms with Crippen LogP contribution in [0.5, 0.6) is 5.75 Å². The van der Waals surface area contributed by atoms with Gasteiger partial charge in [-0.25, -0.2) is 0 Å². The highest BCUT2D eigenvalue weighted by Gasteiger charge is 2.11. The predicted octanol–water partition coefficient (Wildman–Crippen LogP) is 4.37. The van der Waals surface area contributed by atoms with Crippen LogP contribution < -0.4 is 15.4 Å². The Morgan fingerprint density at radius 2 is 2.14 bits per heavy atom. The van der Waals surface area contributed by atoms with Crippen molar-refractivity contribution in [1.82, 2.24) is 10.2 Å². The minimum atomic E-state index is -0.0235. The number of nitrogens with one attached hydrogen (secondary N) is 2. The highest BCUT2D eigenvalue weighted by atomic mass is 16.5. The zero-order chi connectivity index (χ0) is 20.4. The molecule has 28 heavy (non-hydrogen) atoms. The van der Waals surface area contributed by atoms with Crippen molar-refractivity contribution in [3.05, 3.63) is 72.1 Å². The second kappa shape index (κ2) is 11.1. The molecular formula is C23H31N3O2. The summed E-state index contributed by atoms with van der Waals surface area (Å²) >= 11 is 0. The van der Waals surface area contributed by atoms with Crippen molar-refractivity contribution in [3.63, 3.8) is 0 Å². The molecule has 2 rings (SSSR count). The summed E-state index contributed by atoms with van der Waals surface area (Å²) in [4.78, 5) is 14.7. The van der Waals surface area contributed by atoms with E-state index in [2.05, 4.69) is 28.2 Å². The summed E-state index contributed by atoms with van der Waals surface area (Å²) in [6.45, 7) is 7.22. The number of amides is 1. The first-order valence-electron chi connectivity index (χ1n) is 9.64. The van der Waals surface area contributed by atoms with Gasteiger partial charge in [0, 0.05) is 24.9 Å². The number of hydrogen-bond donors (Lipinski definition) is 2. The molecule has 0 saturated carbocycles. The van der Waals surface area contributed by atoms with Crippen molar-refractivity contribution in [1.29, 1.82) is 0 Å². The smallest absolute Gasteiger partial charge is 0.224 e. The lowest BCUT2D eigenvalue weighted by atomic mass is 10.1. The monoisotopic (exact) mass is 381 g/mol. The van der Waals surface area contributed by atoms with Crippen LogP contribution in [0.1, 0.15) is 31.7 Å². The van der Waals surface area contributed by atoms with Gasteiger partial charge in [0.15, 0.2) is 0 Å². The third-order valence-electron chi connectivity index (χ3n) is 4.18. The van der Waals surface area contributed by atoms with Crippen molar-refractivity contribution in [2.45, 2.75) is 32.7 Å². The van der Waals surface area contributed by atoms with Gasteiger partial charge in [-0.05, 0) is 63.2 Å². The molecule has 1 aromatic carbocycles. The third kappa shape index (κ3) is 7.45. The highest BCUT2D eigenvalue weighted by Crippen LogP contribution is 2.27. The van der Waals surface area contributed by atoms with Crippen molar-refractivity contribution >= 4 is 11.6 Å². The third-order valence-corrected chi connectivity index (χ3v) is 4.18. The van der Waals surface area contributed by atoms with Gasteiger partial charge in [0.05, 0.1) is 12.3 Å². The number of carbonyl (C=O) groups excluding carboxylic acids is 1. The number of allylic oxidation sites excluding steroid dienone is 5. The summed E-state index contributed by atoms with van der Waals surface area (Å²) in [6, 6.07) is 5.94. The van der Waals surface area contributed by atoms with Crippen molar-refractivity contribution in [2.24, 2.45) is 0 Å². The molecule has 0 unspecified atom stereocenters. The molecule has 1 amide bonds. The first-order chi connectivity index (χ1) is 13.5. The van der Waals surface area contributed by atoms with E-state index in [1.165, 1.54) is 0 Å². The Bertz CT molecular complexity index is 776. The van der Waals surface area contributed by atoms with Crippen molar-refractivity contribution in [2.75, 3.05) is 26.0 Å². The number of rotatable bonds is 8. The van der Waals surface area contributed by atoms with Crippen molar-refractivity contribution < 1.29 is 9.53 Å². The molecule has 1 heterocycles. The fourth-order valence-corrected chi connectivity index (χ4v) is 2.85. The minimum absolute atomic E-state index is 0.0235. The van der Waals surface area contributed by atoms with Crippen LogP contribution in [0.3, 0.4) is 0 Å². The standard InChI is InChI=1S/C23H31N3O2/c1-5-28-22-13-11-20(17-26(3)4)15-21(22)25-23(27)14-12-19-10-8-6-7-9-18(2)24-16-19/h6-9,11,13,15-16,24H,2,5,10,12,14,17H2,1,3-4H3,(H,25,27)/b8-6-,9-7-,19-16+. The lowest BCUT2D eigenvalue weighted by Crippen LogP contribution is -2.15. The number of nitrogens with zero attached hydrogens (tertiary/aromatic N) is 1. The Balaban J connectivity index is 2.01. The van der Waals surface area contributed by atoms with Crippen LogP contribution in [0.2, 0.25) is 0 Å². The van der Waals surface area contributed by atoms with Crippen LogP contribution in [-0.2, 0) is 11.3 Å². The van der Waals surface area contributed by atoms with Crippen LogP contribution in [0, 0.1) is 0 Å². The molecule has 1 aromatic rings. The van der Waals surface area contributed by atoms with E-state index in [0.717, 1.165) is 35.5 Å². The first-order valence-corrected chi connectivity index (χ1v) is 9.64. The van der Waals surface area contributed by atoms with E-state index in [1.54, 1.807) is 0 Å². The van der Waals surface area contributed by atoms with E-state index in [4.69, 9.17) is 4.74 Å². The highest BCUT2D eigenvalue weighted by molar-refractivity contribution is 5.92. The number of carbonyl (C=O) groups is 1. The summed E-state index contributed by atoms with van der Waals surface area (Å²) in [7, 11) is 4.04. The van der Waals surface area contributed by atoms with Crippen molar-refractivity contribution in [3.8, 4) is 5.75 Å². The van der Waals surface area contributed by atoms with Gasteiger partial charge in [-0.3, -0.25) is 4.79 Å². The van der Waals surface area contributed by atoms with E-state index in [0.29, 0.717) is 25.2 Å². The van der Waals surface area contributed by atoms with Gasteiger partial charge in [0.1, 0.15) is 5.75 Å². The summed E-state index contributed by atoms with van der Waals surface area (Å²) in [6.07, 6.45) is 11.8. The Morgan fingerprint density at radius 1 is 1.32 bits per heavy atom. The molecule has 0 bridgehead atoms. The van der Waals surface area contributed by atoms with Crippen LogP contribution in [0.15, 0.2) is 66.6 Å². The van der Waals surface area contributed by atoms with Gasteiger partial charge >= 0.3 is 0 Å². The number of hydrogen-bond acceptors (Lipinski definition) is 4. The molecule has 1 aliphatic heterocycles. The van der Waals surface area contributed by atoms with Gasteiger partial charge in [-0.1, -0.05) is 30.9 Å². The van der Waals surface area contributed by atoms with E-state index in [1.807, 2.05) is 63.6 Å². The first kappa shape index (κ1) is 21.5. The average molecular weight is 382 g/mol. The average Bonchev–Trinajstić information content (AvgIpc) is 2.74. The molecule has 5 heteroatoms. The second-order valence-corrected chi connectivity index (χ2v) is 7.01. The predicted molar refractivity (Wildman–Crippen MR) is 116 cm³/mol. The Labute approximate surface area is 168 Å². The molecule has 5 nitrogen and oxygen atoms in total. The fourth-order valence-electron chi connectivity index (χ4n) is 2.85. The van der Waals surface area contributed by atoms with Gasteiger partial charge in [-0.2, -0.15) is 0 Å². The Kier molecular flexibility index (Phi) is 8.56. The maximum Gasteiger partial charge on any atom is 0.224 e. The van der Waals surface area contributed by atoms with Crippen LogP contribution in [0.4, 0.5) is 5.69 Å². The Morgan fingerprint density at radius 3 is 2.89 bits per heavy atom. The maximum atomic E-state index is 12.6. The number of benzene rings is 1. The molecule has 0 fully saturated rings. The molecule has 0 atom stereocenters. The zero-order valence-corrected chi connectivity index (χ0v) is 17.1. The van der Waals surface area contributed by atoms with E-state index >= 15 is 0 Å². The lowest BCUT2D eigenvalue weighted by Gasteiger charge is -2.15. The van der Waals surface area contributed by atoms with Crippen LogP contribution in [-0.4, -0.2) is 31.5 Å². The molecule has 0 spiro atoms. The van der Waals surface area contributed by atoms with E-state index < -0.39 is 0 Å². The molecule has 0 radical (unpaired) electrons. The number of anilines is 1. The van der Waals surface area contributed by atoms with Gasteiger partial charge in [-0.15, -0.1) is 0 Å². The molecule has 1 aliphatic rings. The fraction of sp³-hybridized carbons (Fsp3) is 0.348. The zero-order valence-electron chi connectivity index (χ0n) is 17.1.